The zero-order valence-electron chi connectivity index (χ0n) is 26.9. The summed E-state index contributed by atoms with van der Waals surface area (Å²) in [6, 6.07) is 38.4. The van der Waals surface area contributed by atoms with Crippen molar-refractivity contribution in [3.8, 4) is 39.7 Å². The summed E-state index contributed by atoms with van der Waals surface area (Å²) in [5.41, 5.74) is 11.1. The maximum Gasteiger partial charge on any atom is 2.00 e. The van der Waals surface area contributed by atoms with E-state index in [-0.39, 0.29) is 25.8 Å². The van der Waals surface area contributed by atoms with Crippen molar-refractivity contribution in [1.29, 1.82) is 0 Å². The molecule has 0 saturated heterocycles. The second-order valence-electron chi connectivity index (χ2n) is 12.8. The molecule has 3 heterocycles. The fraction of sp³-hybridized carbons (Fsp3) is 0.171. The molecule has 0 bridgehead atoms. The summed E-state index contributed by atoms with van der Waals surface area (Å²) in [6.07, 6.45) is 3.76. The van der Waals surface area contributed by atoms with Gasteiger partial charge < -0.3 is 14.3 Å². The Kier molecular flexibility index (Phi) is 8.42. The van der Waals surface area contributed by atoms with Gasteiger partial charge in [-0.2, -0.15) is 6.07 Å². The number of fused-ring (bicyclic) bond motifs is 3. The van der Waals surface area contributed by atoms with Crippen LogP contribution in [-0.4, -0.2) is 14.5 Å². The van der Waals surface area contributed by atoms with E-state index in [1.54, 1.807) is 0 Å². The minimum atomic E-state index is 0. The van der Waals surface area contributed by atoms with Gasteiger partial charge in [-0.05, 0) is 83.3 Å². The summed E-state index contributed by atoms with van der Waals surface area (Å²) < 4.78 is 8.57. The molecule has 4 aromatic carbocycles. The van der Waals surface area contributed by atoms with Crippen molar-refractivity contribution in [2.24, 2.45) is 0 Å². The molecule has 0 atom stereocenters. The zero-order valence-corrected chi connectivity index (χ0v) is 28.4. The number of benzene rings is 4. The number of hydrogen-bond acceptors (Lipinski definition) is 3. The van der Waals surface area contributed by atoms with Gasteiger partial charge >= 0.3 is 20.4 Å². The first kappa shape index (κ1) is 31.4. The van der Waals surface area contributed by atoms with Crippen molar-refractivity contribution >= 4 is 21.8 Å². The van der Waals surface area contributed by atoms with Gasteiger partial charge in [-0.25, -0.2) is 4.98 Å². The Bertz CT molecular complexity index is 2210. The first-order valence-electron chi connectivity index (χ1n) is 15.3. The van der Waals surface area contributed by atoms with E-state index < -0.39 is 0 Å². The molecule has 5 heteroatoms. The van der Waals surface area contributed by atoms with Gasteiger partial charge in [0, 0.05) is 29.4 Å². The summed E-state index contributed by atoms with van der Waals surface area (Å²) in [4.78, 5) is 9.45. The first-order valence-corrected chi connectivity index (χ1v) is 15.3. The van der Waals surface area contributed by atoms with Gasteiger partial charge in [0.2, 0.25) is 0 Å². The number of aromatic nitrogens is 3. The molecule has 4 nitrogen and oxygen atoms in total. The molecule has 0 aliphatic rings. The summed E-state index contributed by atoms with van der Waals surface area (Å²) in [6.45, 7) is 13.1. The average molecular weight is 692 g/mol. The Morgan fingerprint density at radius 1 is 0.696 bits per heavy atom. The molecule has 0 saturated carbocycles. The zero-order chi connectivity index (χ0) is 31.3. The number of hydrogen-bond donors (Lipinski definition) is 0. The van der Waals surface area contributed by atoms with Crippen molar-refractivity contribution in [3.63, 3.8) is 0 Å². The first-order chi connectivity index (χ1) is 21.7. The quantitative estimate of drug-likeness (QED) is 0.133. The molecular formula is C41H35N3OPd. The Morgan fingerprint density at radius 2 is 1.52 bits per heavy atom. The minimum Gasteiger partial charge on any atom is -0.503 e. The van der Waals surface area contributed by atoms with Crippen molar-refractivity contribution in [2.45, 2.75) is 47.0 Å². The fourth-order valence-corrected chi connectivity index (χ4v) is 6.03. The molecule has 0 fully saturated rings. The van der Waals surface area contributed by atoms with Crippen molar-refractivity contribution in [1.82, 2.24) is 14.5 Å². The molecule has 7 rings (SSSR count). The molecule has 7 aromatic rings. The van der Waals surface area contributed by atoms with Crippen LogP contribution in [0.1, 0.15) is 43.0 Å². The van der Waals surface area contributed by atoms with Crippen LogP contribution >= 0.6 is 0 Å². The van der Waals surface area contributed by atoms with E-state index in [1.165, 1.54) is 33.2 Å². The van der Waals surface area contributed by atoms with Gasteiger partial charge in [-0.1, -0.05) is 80.4 Å². The molecule has 0 aliphatic heterocycles. The smallest absolute Gasteiger partial charge is 0.503 e. The molecule has 0 N–H and O–H groups in total. The summed E-state index contributed by atoms with van der Waals surface area (Å²) in [5, 5.41) is 2.28. The Balaban J connectivity index is 0.00000372. The van der Waals surface area contributed by atoms with Crippen LogP contribution in [0.5, 0.6) is 11.5 Å². The number of rotatable bonds is 5. The van der Waals surface area contributed by atoms with Crippen LogP contribution in [-0.2, 0) is 25.8 Å². The molecule has 0 aliphatic carbocycles. The number of pyridine rings is 2. The van der Waals surface area contributed by atoms with Gasteiger partial charge in [-0.15, -0.1) is 41.3 Å². The standard InChI is InChI=1S/C41H35N3O.Pd/c1-26-13-16-33(27(2)20-26)35-24-37(43-25-28(35)3)29-10-9-11-31(21-29)45-32-15-17-34-36-22-30(41(4,5)6)14-18-38(36)44(39(34)23-32)40-12-7-8-19-42-40;/h7-20,22,24-25H,1-6H3;/q-2;+2. The van der Waals surface area contributed by atoms with Crippen LogP contribution in [0.2, 0.25) is 0 Å². The Hall–Kier alpha value is -4.56. The molecule has 0 spiro atoms. The van der Waals surface area contributed by atoms with E-state index in [4.69, 9.17) is 9.72 Å². The van der Waals surface area contributed by atoms with Crippen LogP contribution in [0.3, 0.4) is 0 Å². The number of aryl methyl sites for hydroxylation is 3. The summed E-state index contributed by atoms with van der Waals surface area (Å²) in [5.74, 6) is 2.06. The normalized spacial score (nSPS) is 11.5. The molecule has 46 heavy (non-hydrogen) atoms. The summed E-state index contributed by atoms with van der Waals surface area (Å²) in [7, 11) is 0. The monoisotopic (exact) mass is 691 g/mol. The Morgan fingerprint density at radius 3 is 2.28 bits per heavy atom. The van der Waals surface area contributed by atoms with Gasteiger partial charge in [-0.3, -0.25) is 0 Å². The average Bonchev–Trinajstić information content (AvgIpc) is 3.35. The van der Waals surface area contributed by atoms with Gasteiger partial charge in [0.15, 0.2) is 0 Å². The van der Waals surface area contributed by atoms with E-state index in [0.717, 1.165) is 39.1 Å². The molecule has 3 aromatic heterocycles. The predicted molar refractivity (Wildman–Crippen MR) is 184 cm³/mol. The molecule has 0 unspecified atom stereocenters. The third-order valence-electron chi connectivity index (χ3n) is 8.43. The molecular weight excluding hydrogens is 657 g/mol. The molecule has 230 valence electrons. The van der Waals surface area contributed by atoms with Gasteiger partial charge in [0.1, 0.15) is 5.82 Å². The van der Waals surface area contributed by atoms with Crippen LogP contribution in [0.15, 0.2) is 103 Å². The van der Waals surface area contributed by atoms with Crippen LogP contribution in [0.4, 0.5) is 0 Å². The predicted octanol–water partition coefficient (Wildman–Crippen LogP) is 10.5. The van der Waals surface area contributed by atoms with Crippen LogP contribution < -0.4 is 4.74 Å². The van der Waals surface area contributed by atoms with Crippen LogP contribution in [0, 0.1) is 32.9 Å². The molecule has 0 amide bonds. The van der Waals surface area contributed by atoms with Crippen molar-refractivity contribution in [2.75, 3.05) is 0 Å². The van der Waals surface area contributed by atoms with E-state index in [0.29, 0.717) is 11.5 Å². The topological polar surface area (TPSA) is 39.9 Å². The second-order valence-corrected chi connectivity index (χ2v) is 12.8. The second kappa shape index (κ2) is 12.3. The largest absolute Gasteiger partial charge is 2.00 e. The third kappa shape index (κ3) is 5.89. The fourth-order valence-electron chi connectivity index (χ4n) is 6.03. The van der Waals surface area contributed by atoms with Crippen molar-refractivity contribution < 1.29 is 25.2 Å². The maximum atomic E-state index is 6.41. The van der Waals surface area contributed by atoms with E-state index in [2.05, 4.69) is 112 Å². The number of nitrogens with zero attached hydrogens (tertiary/aromatic N) is 3. The van der Waals surface area contributed by atoms with Gasteiger partial charge in [0.05, 0.1) is 0 Å². The third-order valence-corrected chi connectivity index (χ3v) is 8.43. The van der Waals surface area contributed by atoms with E-state index in [9.17, 15) is 0 Å². The van der Waals surface area contributed by atoms with E-state index in [1.807, 2.05) is 54.9 Å². The minimum absolute atomic E-state index is 0. The van der Waals surface area contributed by atoms with Crippen LogP contribution in [0.25, 0.3) is 50.0 Å². The number of ether oxygens (including phenoxy) is 1. The summed E-state index contributed by atoms with van der Waals surface area (Å²) >= 11 is 0. The van der Waals surface area contributed by atoms with Gasteiger partial charge in [0.25, 0.3) is 0 Å². The molecule has 0 radical (unpaired) electrons. The van der Waals surface area contributed by atoms with Crippen molar-refractivity contribution in [3.05, 3.63) is 138 Å². The SMILES string of the molecule is Cc1ccc(-c2cc(-c3[c-]c(Oc4[c-]c5c(cc4)c4cc(C(C)(C)C)ccc4n5-c4ccccn4)ccc3)ncc2C)c(C)c1.[Pd+2]. The Labute approximate surface area is 284 Å². The maximum absolute atomic E-state index is 6.41. The van der Waals surface area contributed by atoms with E-state index >= 15 is 0 Å².